The number of ether oxygens (including phenoxy) is 3. The monoisotopic (exact) mass is 384 g/mol. The zero-order valence-electron chi connectivity index (χ0n) is 16.2. The summed E-state index contributed by atoms with van der Waals surface area (Å²) in [7, 11) is -1.10. The molecule has 0 spiro atoms. The Morgan fingerprint density at radius 1 is 1.14 bits per heavy atom. The summed E-state index contributed by atoms with van der Waals surface area (Å²) < 4.78 is 22.1. The summed E-state index contributed by atoms with van der Waals surface area (Å²) >= 11 is 0. The first-order valence-corrected chi connectivity index (χ1v) is 9.64. The van der Waals surface area contributed by atoms with Gasteiger partial charge in [-0.05, 0) is 48.6 Å². The Bertz CT molecular complexity index is 809. The summed E-state index contributed by atoms with van der Waals surface area (Å²) in [6, 6.07) is 12.8. The van der Waals surface area contributed by atoms with Crippen molar-refractivity contribution in [2.75, 3.05) is 13.2 Å². The lowest BCUT2D eigenvalue weighted by Gasteiger charge is -2.12. The van der Waals surface area contributed by atoms with E-state index in [0.717, 1.165) is 24.2 Å². The molecule has 7 heteroatoms. The second kappa shape index (κ2) is 9.62. The van der Waals surface area contributed by atoms with Crippen molar-refractivity contribution in [1.29, 1.82) is 0 Å². The Morgan fingerprint density at radius 2 is 1.93 bits per heavy atom. The van der Waals surface area contributed by atoms with E-state index in [9.17, 15) is 9.82 Å². The maximum atomic E-state index is 11.7. The number of hydrogen-bond acceptors (Lipinski definition) is 6. The van der Waals surface area contributed by atoms with E-state index in [-0.39, 0.29) is 12.4 Å². The second-order valence-corrected chi connectivity index (χ2v) is 6.56. The molecule has 148 valence electrons. The molecular formula is C21H25BO6. The highest BCUT2D eigenvalue weighted by molar-refractivity contribution is 6.61. The van der Waals surface area contributed by atoms with Crippen molar-refractivity contribution in [3.63, 3.8) is 0 Å². The lowest BCUT2D eigenvalue weighted by atomic mass is 9.79. The average molecular weight is 384 g/mol. The van der Waals surface area contributed by atoms with E-state index in [0.29, 0.717) is 30.2 Å². The van der Waals surface area contributed by atoms with Crippen LogP contribution in [0.2, 0.25) is 0 Å². The van der Waals surface area contributed by atoms with Crippen LogP contribution in [0.3, 0.4) is 0 Å². The van der Waals surface area contributed by atoms with Crippen molar-refractivity contribution in [2.24, 2.45) is 0 Å². The molecule has 0 aromatic heterocycles. The Hall–Kier alpha value is -2.51. The Morgan fingerprint density at radius 3 is 2.71 bits per heavy atom. The van der Waals surface area contributed by atoms with E-state index in [2.05, 4.69) is 6.92 Å². The molecule has 0 bridgehead atoms. The molecule has 2 aromatic rings. The molecule has 0 amide bonds. The van der Waals surface area contributed by atoms with Crippen molar-refractivity contribution < 1.29 is 28.7 Å². The maximum absolute atomic E-state index is 11.7. The summed E-state index contributed by atoms with van der Waals surface area (Å²) in [5.74, 6) is 1.62. The number of carbonyl (C=O) groups excluding carboxylic acids is 1. The normalized spacial score (nSPS) is 15.2. The topological polar surface area (TPSA) is 74.2 Å². The highest BCUT2D eigenvalue weighted by Crippen LogP contribution is 2.31. The summed E-state index contributed by atoms with van der Waals surface area (Å²) in [5, 5.41) is 10.2. The van der Waals surface area contributed by atoms with Crippen LogP contribution in [0.15, 0.2) is 42.5 Å². The predicted molar refractivity (Wildman–Crippen MR) is 106 cm³/mol. The third kappa shape index (κ3) is 5.06. The quantitative estimate of drug-likeness (QED) is 0.406. The van der Waals surface area contributed by atoms with Gasteiger partial charge in [0.2, 0.25) is 0 Å². The van der Waals surface area contributed by atoms with Crippen molar-refractivity contribution >= 4 is 18.6 Å². The van der Waals surface area contributed by atoms with Gasteiger partial charge in [0.25, 0.3) is 0 Å². The molecular weight excluding hydrogens is 359 g/mol. The van der Waals surface area contributed by atoms with Crippen LogP contribution < -0.4 is 14.9 Å². The minimum atomic E-state index is -1.10. The lowest BCUT2D eigenvalue weighted by molar-refractivity contribution is -0.145. The fourth-order valence-corrected chi connectivity index (χ4v) is 3.05. The number of unbranched alkanes of at least 4 members (excludes halogenated alkanes) is 1. The largest absolute Gasteiger partial charge is 0.493 e. The van der Waals surface area contributed by atoms with Crippen molar-refractivity contribution in [3.8, 4) is 17.2 Å². The summed E-state index contributed by atoms with van der Waals surface area (Å²) in [4.78, 5) is 11.7. The molecule has 0 aliphatic carbocycles. The van der Waals surface area contributed by atoms with Crippen LogP contribution in [-0.2, 0) is 14.2 Å². The zero-order valence-corrected chi connectivity index (χ0v) is 16.2. The van der Waals surface area contributed by atoms with Crippen molar-refractivity contribution in [1.82, 2.24) is 0 Å². The number of hydrogen-bond donors (Lipinski definition) is 1. The van der Waals surface area contributed by atoms with Gasteiger partial charge in [0, 0.05) is 6.07 Å². The SMILES string of the molecule is CCCCOc1cccc(Oc2ccc3c(c2)B(O)OC3CC(=O)OCC)c1. The van der Waals surface area contributed by atoms with E-state index >= 15 is 0 Å². The van der Waals surface area contributed by atoms with Gasteiger partial charge >= 0.3 is 13.1 Å². The van der Waals surface area contributed by atoms with Gasteiger partial charge in [-0.1, -0.05) is 25.5 Å². The first-order chi connectivity index (χ1) is 13.6. The van der Waals surface area contributed by atoms with Gasteiger partial charge in [0.15, 0.2) is 0 Å². The molecule has 1 aliphatic heterocycles. The fraction of sp³-hybridized carbons (Fsp3) is 0.381. The Labute approximate surface area is 165 Å². The summed E-state index contributed by atoms with van der Waals surface area (Å²) in [6.45, 7) is 4.86. The number of fused-ring (bicyclic) bond motifs is 1. The highest BCUT2D eigenvalue weighted by atomic mass is 16.5. The van der Waals surface area contributed by atoms with Gasteiger partial charge in [-0.15, -0.1) is 0 Å². The van der Waals surface area contributed by atoms with Gasteiger partial charge in [-0.3, -0.25) is 4.79 Å². The van der Waals surface area contributed by atoms with Crippen LogP contribution in [0, 0.1) is 0 Å². The van der Waals surface area contributed by atoms with Gasteiger partial charge in [-0.2, -0.15) is 0 Å². The molecule has 0 saturated heterocycles. The summed E-state index contributed by atoms with van der Waals surface area (Å²) in [5.41, 5.74) is 1.37. The molecule has 2 aromatic carbocycles. The zero-order chi connectivity index (χ0) is 19.9. The van der Waals surface area contributed by atoms with Crippen molar-refractivity contribution in [3.05, 3.63) is 48.0 Å². The standard InChI is InChI=1S/C21H25BO6/c1-3-5-11-26-15-7-6-8-16(12-15)27-17-9-10-18-19(13-17)22(24)28-20(18)14-21(23)25-4-2/h6-10,12-13,20,24H,3-5,11,14H2,1-2H3. The molecule has 28 heavy (non-hydrogen) atoms. The van der Waals surface area contributed by atoms with Gasteiger partial charge < -0.3 is 23.9 Å². The molecule has 1 atom stereocenters. The number of esters is 1. The Balaban J connectivity index is 1.69. The van der Waals surface area contributed by atoms with Crippen LogP contribution in [0.25, 0.3) is 0 Å². The molecule has 0 saturated carbocycles. The lowest BCUT2D eigenvalue weighted by Crippen LogP contribution is -2.28. The van der Waals surface area contributed by atoms with Crippen LogP contribution >= 0.6 is 0 Å². The maximum Gasteiger partial charge on any atom is 0.492 e. The van der Waals surface area contributed by atoms with Crippen molar-refractivity contribution in [2.45, 2.75) is 39.2 Å². The van der Waals surface area contributed by atoms with E-state index < -0.39 is 13.2 Å². The predicted octanol–water partition coefficient (Wildman–Crippen LogP) is 3.37. The van der Waals surface area contributed by atoms with Gasteiger partial charge in [0.05, 0.1) is 25.7 Å². The first-order valence-electron chi connectivity index (χ1n) is 9.64. The highest BCUT2D eigenvalue weighted by Gasteiger charge is 2.36. The smallest absolute Gasteiger partial charge is 0.492 e. The molecule has 6 nitrogen and oxygen atoms in total. The Kier molecular flexibility index (Phi) is 6.95. The average Bonchev–Trinajstić information content (AvgIpc) is 2.97. The number of benzene rings is 2. The fourth-order valence-electron chi connectivity index (χ4n) is 3.05. The van der Waals surface area contributed by atoms with Crippen LogP contribution in [0.4, 0.5) is 0 Å². The third-order valence-electron chi connectivity index (χ3n) is 4.43. The first kappa shape index (κ1) is 20.2. The van der Waals surface area contributed by atoms with E-state index in [4.69, 9.17) is 18.9 Å². The van der Waals surface area contributed by atoms with Crippen LogP contribution in [0.1, 0.15) is 44.8 Å². The third-order valence-corrected chi connectivity index (χ3v) is 4.43. The second-order valence-electron chi connectivity index (χ2n) is 6.56. The van der Waals surface area contributed by atoms with Crippen LogP contribution in [0.5, 0.6) is 17.2 Å². The molecule has 1 unspecified atom stereocenters. The minimum Gasteiger partial charge on any atom is -0.493 e. The van der Waals surface area contributed by atoms with Crippen LogP contribution in [-0.4, -0.2) is 31.3 Å². The van der Waals surface area contributed by atoms with E-state index in [1.165, 1.54) is 0 Å². The number of carbonyl (C=O) groups is 1. The number of rotatable bonds is 9. The molecule has 3 rings (SSSR count). The molecule has 0 radical (unpaired) electrons. The molecule has 1 aliphatic rings. The molecule has 0 fully saturated rings. The molecule has 1 heterocycles. The summed E-state index contributed by atoms with van der Waals surface area (Å²) in [6.07, 6.45) is 1.62. The minimum absolute atomic E-state index is 0.0647. The molecule has 1 N–H and O–H groups in total. The van der Waals surface area contributed by atoms with E-state index in [1.807, 2.05) is 30.3 Å². The van der Waals surface area contributed by atoms with E-state index in [1.54, 1.807) is 19.1 Å². The van der Waals surface area contributed by atoms with Gasteiger partial charge in [0.1, 0.15) is 17.2 Å². The van der Waals surface area contributed by atoms with Gasteiger partial charge in [-0.25, -0.2) is 0 Å².